The monoisotopic (exact) mass is 274 g/mol. The fraction of sp³-hybridized carbons (Fsp3) is 0.250. The maximum absolute atomic E-state index is 6.09. The Morgan fingerprint density at radius 2 is 1.47 bits per heavy atom. The zero-order chi connectivity index (χ0) is 13.7. The summed E-state index contributed by atoms with van der Waals surface area (Å²) >= 11 is 6.09. The van der Waals surface area contributed by atoms with E-state index in [0.29, 0.717) is 0 Å². The largest absolute Gasteiger partial charge is 0.383 e. The topological polar surface area (TPSA) is 24.1 Å². The summed E-state index contributed by atoms with van der Waals surface area (Å²) in [4.78, 5) is 0. The van der Waals surface area contributed by atoms with Crippen molar-refractivity contribution in [2.45, 2.75) is 13.8 Å². The molecular weight excluding hydrogens is 256 g/mol. The maximum Gasteiger partial charge on any atom is 0.0637 e. The van der Waals surface area contributed by atoms with Crippen LogP contribution in [0, 0.1) is 13.8 Å². The SMILES string of the molecule is Cc1cccc(C)c1NCCNc1ccccc1Cl. The van der Waals surface area contributed by atoms with Crippen molar-refractivity contribution >= 4 is 23.0 Å². The molecule has 2 rings (SSSR count). The summed E-state index contributed by atoms with van der Waals surface area (Å²) in [5.74, 6) is 0. The van der Waals surface area contributed by atoms with Crippen LogP contribution in [-0.4, -0.2) is 13.1 Å². The number of hydrogen-bond donors (Lipinski definition) is 2. The van der Waals surface area contributed by atoms with E-state index in [0.717, 1.165) is 23.8 Å². The first-order chi connectivity index (χ1) is 9.18. The van der Waals surface area contributed by atoms with Crippen molar-refractivity contribution in [1.82, 2.24) is 0 Å². The third kappa shape index (κ3) is 3.65. The Hall–Kier alpha value is -1.67. The molecule has 100 valence electrons. The van der Waals surface area contributed by atoms with Crippen LogP contribution < -0.4 is 10.6 Å². The second-order valence-electron chi connectivity index (χ2n) is 4.60. The Balaban J connectivity index is 1.86. The highest BCUT2D eigenvalue weighted by Gasteiger charge is 2.01. The van der Waals surface area contributed by atoms with E-state index in [1.165, 1.54) is 16.8 Å². The number of rotatable bonds is 5. The molecular formula is C16H19ClN2. The van der Waals surface area contributed by atoms with Crippen LogP contribution in [0.15, 0.2) is 42.5 Å². The molecule has 0 aliphatic carbocycles. The van der Waals surface area contributed by atoms with Crippen molar-refractivity contribution in [2.75, 3.05) is 23.7 Å². The van der Waals surface area contributed by atoms with Gasteiger partial charge in [-0.25, -0.2) is 0 Å². The first-order valence-corrected chi connectivity index (χ1v) is 6.85. The maximum atomic E-state index is 6.09. The van der Waals surface area contributed by atoms with Gasteiger partial charge >= 0.3 is 0 Å². The van der Waals surface area contributed by atoms with E-state index in [9.17, 15) is 0 Å². The summed E-state index contributed by atoms with van der Waals surface area (Å²) in [6.07, 6.45) is 0. The van der Waals surface area contributed by atoms with Gasteiger partial charge < -0.3 is 10.6 Å². The van der Waals surface area contributed by atoms with Crippen LogP contribution in [0.5, 0.6) is 0 Å². The lowest BCUT2D eigenvalue weighted by molar-refractivity contribution is 1.07. The number of benzene rings is 2. The first-order valence-electron chi connectivity index (χ1n) is 6.47. The summed E-state index contributed by atoms with van der Waals surface area (Å²) in [6, 6.07) is 14.1. The summed E-state index contributed by atoms with van der Waals surface area (Å²) in [6.45, 7) is 5.93. The number of aryl methyl sites for hydroxylation is 2. The fourth-order valence-corrected chi connectivity index (χ4v) is 2.29. The van der Waals surface area contributed by atoms with E-state index in [4.69, 9.17) is 11.6 Å². The molecule has 0 aliphatic heterocycles. The van der Waals surface area contributed by atoms with Gasteiger partial charge in [0.2, 0.25) is 0 Å². The number of hydrogen-bond acceptors (Lipinski definition) is 2. The van der Waals surface area contributed by atoms with Crippen LogP contribution in [0.4, 0.5) is 11.4 Å². The highest BCUT2D eigenvalue weighted by atomic mass is 35.5. The summed E-state index contributed by atoms with van der Waals surface area (Å²) in [5, 5.41) is 7.55. The average molecular weight is 275 g/mol. The van der Waals surface area contributed by atoms with Crippen LogP contribution in [-0.2, 0) is 0 Å². The zero-order valence-electron chi connectivity index (χ0n) is 11.3. The molecule has 0 amide bonds. The van der Waals surface area contributed by atoms with Crippen molar-refractivity contribution in [3.05, 3.63) is 58.6 Å². The molecule has 2 aromatic carbocycles. The van der Waals surface area contributed by atoms with Gasteiger partial charge in [-0.2, -0.15) is 0 Å². The van der Waals surface area contributed by atoms with Crippen molar-refractivity contribution < 1.29 is 0 Å². The second kappa shape index (κ2) is 6.48. The van der Waals surface area contributed by atoms with E-state index in [-0.39, 0.29) is 0 Å². The predicted molar refractivity (Wildman–Crippen MR) is 84.3 cm³/mol. The normalized spacial score (nSPS) is 10.3. The standard InChI is InChI=1S/C16H19ClN2/c1-12-6-5-7-13(2)16(12)19-11-10-18-15-9-4-3-8-14(15)17/h3-9,18-19H,10-11H2,1-2H3. The minimum absolute atomic E-state index is 0.759. The Bertz CT molecular complexity index is 532. The average Bonchev–Trinajstić information content (AvgIpc) is 2.39. The zero-order valence-corrected chi connectivity index (χ0v) is 12.1. The van der Waals surface area contributed by atoms with E-state index in [1.54, 1.807) is 0 Å². The molecule has 0 fully saturated rings. The van der Waals surface area contributed by atoms with E-state index < -0.39 is 0 Å². The molecule has 0 heterocycles. The van der Waals surface area contributed by atoms with Crippen LogP contribution in [0.25, 0.3) is 0 Å². The Labute approximate surface area is 119 Å². The molecule has 3 heteroatoms. The van der Waals surface area contributed by atoms with E-state index >= 15 is 0 Å². The quantitative estimate of drug-likeness (QED) is 0.786. The van der Waals surface area contributed by atoms with E-state index in [2.05, 4.69) is 42.7 Å². The van der Waals surface area contributed by atoms with Gasteiger partial charge in [-0.1, -0.05) is 41.9 Å². The molecule has 0 bridgehead atoms. The van der Waals surface area contributed by atoms with Crippen molar-refractivity contribution in [1.29, 1.82) is 0 Å². The Kier molecular flexibility index (Phi) is 4.69. The molecule has 0 atom stereocenters. The molecule has 2 nitrogen and oxygen atoms in total. The summed E-state index contributed by atoms with van der Waals surface area (Å²) in [7, 11) is 0. The lowest BCUT2D eigenvalue weighted by atomic mass is 10.1. The lowest BCUT2D eigenvalue weighted by Gasteiger charge is -2.13. The van der Waals surface area contributed by atoms with Gasteiger partial charge in [0.25, 0.3) is 0 Å². The fourth-order valence-electron chi connectivity index (χ4n) is 2.08. The molecule has 2 N–H and O–H groups in total. The van der Waals surface area contributed by atoms with Gasteiger partial charge in [0.1, 0.15) is 0 Å². The molecule has 2 aromatic rings. The van der Waals surface area contributed by atoms with Gasteiger partial charge in [-0.05, 0) is 37.1 Å². The minimum Gasteiger partial charge on any atom is -0.383 e. The first kappa shape index (κ1) is 13.8. The Morgan fingerprint density at radius 3 is 2.16 bits per heavy atom. The van der Waals surface area contributed by atoms with Crippen LogP contribution in [0.3, 0.4) is 0 Å². The number of para-hydroxylation sites is 2. The molecule has 0 unspecified atom stereocenters. The van der Waals surface area contributed by atoms with Gasteiger partial charge in [0, 0.05) is 18.8 Å². The molecule has 0 aliphatic rings. The summed E-state index contributed by atoms with van der Waals surface area (Å²) < 4.78 is 0. The van der Waals surface area contributed by atoms with Crippen LogP contribution in [0.2, 0.25) is 5.02 Å². The smallest absolute Gasteiger partial charge is 0.0637 e. The Morgan fingerprint density at radius 1 is 0.842 bits per heavy atom. The van der Waals surface area contributed by atoms with Gasteiger partial charge in [0.15, 0.2) is 0 Å². The summed E-state index contributed by atoms with van der Waals surface area (Å²) in [5.41, 5.74) is 4.76. The van der Waals surface area contributed by atoms with Gasteiger partial charge in [0.05, 0.1) is 10.7 Å². The van der Waals surface area contributed by atoms with Gasteiger partial charge in [-0.15, -0.1) is 0 Å². The molecule has 0 saturated heterocycles. The van der Waals surface area contributed by atoms with Crippen LogP contribution >= 0.6 is 11.6 Å². The van der Waals surface area contributed by atoms with Crippen molar-refractivity contribution in [3.8, 4) is 0 Å². The molecule has 0 aromatic heterocycles. The second-order valence-corrected chi connectivity index (χ2v) is 5.01. The highest BCUT2D eigenvalue weighted by Crippen LogP contribution is 2.21. The van der Waals surface area contributed by atoms with Crippen molar-refractivity contribution in [2.24, 2.45) is 0 Å². The predicted octanol–water partition coefficient (Wildman–Crippen LogP) is 4.48. The molecule has 0 saturated carbocycles. The molecule has 0 spiro atoms. The number of halogens is 1. The third-order valence-corrected chi connectivity index (χ3v) is 3.43. The third-order valence-electron chi connectivity index (χ3n) is 3.10. The van der Waals surface area contributed by atoms with E-state index in [1.807, 2.05) is 24.3 Å². The number of anilines is 2. The van der Waals surface area contributed by atoms with Gasteiger partial charge in [-0.3, -0.25) is 0 Å². The van der Waals surface area contributed by atoms with Crippen LogP contribution in [0.1, 0.15) is 11.1 Å². The number of nitrogens with one attached hydrogen (secondary N) is 2. The van der Waals surface area contributed by atoms with Crippen molar-refractivity contribution in [3.63, 3.8) is 0 Å². The molecule has 0 radical (unpaired) electrons. The minimum atomic E-state index is 0.759. The lowest BCUT2D eigenvalue weighted by Crippen LogP contribution is -2.15. The highest BCUT2D eigenvalue weighted by molar-refractivity contribution is 6.33. The molecule has 19 heavy (non-hydrogen) atoms.